The maximum absolute atomic E-state index is 12.8. The van der Waals surface area contributed by atoms with Crippen molar-refractivity contribution >= 4 is 50.9 Å². The lowest BCUT2D eigenvalue weighted by molar-refractivity contribution is -0.117. The summed E-state index contributed by atoms with van der Waals surface area (Å²) in [6.45, 7) is 3.94. The van der Waals surface area contributed by atoms with Crippen molar-refractivity contribution in [3.8, 4) is 0 Å². The zero-order valence-corrected chi connectivity index (χ0v) is 18.6. The van der Waals surface area contributed by atoms with Gasteiger partial charge in [-0.15, -0.1) is 11.3 Å². The molecule has 7 nitrogen and oxygen atoms in total. The van der Waals surface area contributed by atoms with E-state index in [-0.39, 0.29) is 11.3 Å². The van der Waals surface area contributed by atoms with Crippen molar-refractivity contribution in [2.75, 3.05) is 11.1 Å². The van der Waals surface area contributed by atoms with Crippen molar-refractivity contribution in [1.82, 2.24) is 14.9 Å². The number of urea groups is 1. The fraction of sp³-hybridized carbons (Fsp3) is 0.333. The Morgan fingerprint density at radius 1 is 1.23 bits per heavy atom. The van der Waals surface area contributed by atoms with Gasteiger partial charge >= 0.3 is 6.03 Å². The number of fused-ring (bicyclic) bond motifs is 3. The Morgan fingerprint density at radius 3 is 2.80 bits per heavy atom. The molecule has 4 rings (SSSR count). The van der Waals surface area contributed by atoms with Crippen LogP contribution in [0, 0.1) is 13.8 Å². The van der Waals surface area contributed by atoms with Crippen LogP contribution in [0.5, 0.6) is 0 Å². The Labute approximate surface area is 181 Å². The largest absolute Gasteiger partial charge is 0.325 e. The Morgan fingerprint density at radius 2 is 2.03 bits per heavy atom. The molecule has 0 atom stereocenters. The van der Waals surface area contributed by atoms with Gasteiger partial charge in [-0.05, 0) is 61.9 Å². The Hall–Kier alpha value is -2.65. The molecule has 0 spiro atoms. The van der Waals surface area contributed by atoms with Gasteiger partial charge in [-0.2, -0.15) is 0 Å². The number of imide groups is 1. The van der Waals surface area contributed by atoms with E-state index in [0.29, 0.717) is 10.8 Å². The number of carbonyl (C=O) groups is 2. The highest BCUT2D eigenvalue weighted by Crippen LogP contribution is 2.35. The van der Waals surface area contributed by atoms with Gasteiger partial charge in [0.15, 0.2) is 5.16 Å². The predicted molar refractivity (Wildman–Crippen MR) is 121 cm³/mol. The van der Waals surface area contributed by atoms with Crippen LogP contribution in [0.4, 0.5) is 10.5 Å². The topological polar surface area (TPSA) is 93.1 Å². The molecule has 1 aliphatic carbocycles. The van der Waals surface area contributed by atoms with Crippen molar-refractivity contribution in [1.29, 1.82) is 0 Å². The normalized spacial score (nSPS) is 12.8. The standard InChI is InChI=1S/C21H22N4O3S2/c1-11-7-8-13(9-12(11)2)22-20(28)23-16(26)10-29-21-24-18-17(19(27)25(21)3)14-5-4-6-15(14)30-18/h7-9H,4-6,10H2,1-3H3,(H2,22,23,26,28). The van der Waals surface area contributed by atoms with Crippen LogP contribution in [0.15, 0.2) is 28.2 Å². The molecular weight excluding hydrogens is 420 g/mol. The second kappa shape index (κ2) is 8.23. The molecule has 30 heavy (non-hydrogen) atoms. The molecule has 2 N–H and O–H groups in total. The van der Waals surface area contributed by atoms with Crippen LogP contribution in [0.25, 0.3) is 10.2 Å². The number of benzene rings is 1. The van der Waals surface area contributed by atoms with Gasteiger partial charge in [-0.25, -0.2) is 9.78 Å². The van der Waals surface area contributed by atoms with Crippen LogP contribution in [0.3, 0.4) is 0 Å². The van der Waals surface area contributed by atoms with Gasteiger partial charge in [0, 0.05) is 17.6 Å². The number of hydrogen-bond acceptors (Lipinski definition) is 6. The molecule has 0 saturated heterocycles. The summed E-state index contributed by atoms with van der Waals surface area (Å²) in [7, 11) is 1.67. The Kier molecular flexibility index (Phi) is 5.66. The number of thiophene rings is 1. The first-order valence-electron chi connectivity index (χ1n) is 9.65. The van der Waals surface area contributed by atoms with E-state index in [0.717, 1.165) is 57.9 Å². The van der Waals surface area contributed by atoms with E-state index in [1.807, 2.05) is 26.0 Å². The third-order valence-electron chi connectivity index (χ3n) is 5.26. The highest BCUT2D eigenvalue weighted by atomic mass is 32.2. The predicted octanol–water partition coefficient (Wildman–Crippen LogP) is 3.54. The number of hydrogen-bond donors (Lipinski definition) is 2. The summed E-state index contributed by atoms with van der Waals surface area (Å²) in [5, 5.41) is 6.16. The number of amides is 3. The highest BCUT2D eigenvalue weighted by molar-refractivity contribution is 7.99. The molecule has 3 amide bonds. The molecule has 9 heteroatoms. The zero-order chi connectivity index (χ0) is 21.4. The van der Waals surface area contributed by atoms with E-state index in [9.17, 15) is 14.4 Å². The van der Waals surface area contributed by atoms with Crippen LogP contribution in [0.2, 0.25) is 0 Å². The number of anilines is 1. The Bertz CT molecular complexity index is 1230. The summed E-state index contributed by atoms with van der Waals surface area (Å²) in [6, 6.07) is 4.96. The molecular formula is C21H22N4O3S2. The smallest absolute Gasteiger partial charge is 0.308 e. The van der Waals surface area contributed by atoms with Gasteiger partial charge in [-0.1, -0.05) is 17.8 Å². The fourth-order valence-corrected chi connectivity index (χ4v) is 5.58. The second-order valence-corrected chi connectivity index (χ2v) is 9.41. The summed E-state index contributed by atoms with van der Waals surface area (Å²) >= 11 is 2.71. The molecule has 2 heterocycles. The van der Waals surface area contributed by atoms with Gasteiger partial charge in [0.25, 0.3) is 5.56 Å². The number of aryl methyl sites for hydroxylation is 4. The summed E-state index contributed by atoms with van der Waals surface area (Å²) < 4.78 is 1.49. The van der Waals surface area contributed by atoms with Gasteiger partial charge in [0.1, 0.15) is 4.83 Å². The van der Waals surface area contributed by atoms with Crippen molar-refractivity contribution in [3.05, 3.63) is 50.1 Å². The third-order valence-corrected chi connectivity index (χ3v) is 7.47. The molecule has 1 aromatic carbocycles. The van der Waals surface area contributed by atoms with Crippen molar-refractivity contribution < 1.29 is 9.59 Å². The minimum absolute atomic E-state index is 0.0166. The van der Waals surface area contributed by atoms with Crippen LogP contribution < -0.4 is 16.2 Å². The van der Waals surface area contributed by atoms with Gasteiger partial charge < -0.3 is 5.32 Å². The highest BCUT2D eigenvalue weighted by Gasteiger charge is 2.22. The summed E-state index contributed by atoms with van der Waals surface area (Å²) in [6.07, 6.45) is 3.01. The molecule has 156 valence electrons. The number of rotatable bonds is 4. The van der Waals surface area contributed by atoms with Gasteiger partial charge in [0.05, 0.1) is 11.1 Å². The minimum Gasteiger partial charge on any atom is -0.308 e. The summed E-state index contributed by atoms with van der Waals surface area (Å²) in [5.41, 5.74) is 3.86. The maximum Gasteiger partial charge on any atom is 0.325 e. The van der Waals surface area contributed by atoms with Gasteiger partial charge in [-0.3, -0.25) is 19.5 Å². The molecule has 3 aromatic rings. The first-order valence-corrected chi connectivity index (χ1v) is 11.5. The van der Waals surface area contributed by atoms with Crippen LogP contribution in [-0.2, 0) is 24.7 Å². The van der Waals surface area contributed by atoms with E-state index < -0.39 is 11.9 Å². The first kappa shape index (κ1) is 20.6. The molecule has 0 bridgehead atoms. The summed E-state index contributed by atoms with van der Waals surface area (Å²) in [5.74, 6) is -0.471. The van der Waals surface area contributed by atoms with Crippen LogP contribution >= 0.6 is 23.1 Å². The SMILES string of the molecule is Cc1ccc(NC(=O)NC(=O)CSc2nc3sc4c(c3c(=O)n2C)CCC4)cc1C. The number of carbonyl (C=O) groups excluding carboxylic acids is 2. The minimum atomic E-state index is -0.587. The van der Waals surface area contributed by atoms with E-state index in [1.54, 1.807) is 24.5 Å². The molecule has 0 fully saturated rings. The van der Waals surface area contributed by atoms with E-state index >= 15 is 0 Å². The molecule has 1 aliphatic rings. The lowest BCUT2D eigenvalue weighted by Gasteiger charge is -2.09. The molecule has 0 aliphatic heterocycles. The number of nitrogens with one attached hydrogen (secondary N) is 2. The number of thioether (sulfide) groups is 1. The molecule has 0 radical (unpaired) electrons. The zero-order valence-electron chi connectivity index (χ0n) is 17.0. The summed E-state index contributed by atoms with van der Waals surface area (Å²) in [4.78, 5) is 43.7. The second-order valence-electron chi connectivity index (χ2n) is 7.39. The fourth-order valence-electron chi connectivity index (χ4n) is 3.51. The lowest BCUT2D eigenvalue weighted by atomic mass is 10.1. The quantitative estimate of drug-likeness (QED) is 0.476. The van der Waals surface area contributed by atoms with Crippen LogP contribution in [-0.4, -0.2) is 27.2 Å². The van der Waals surface area contributed by atoms with E-state index in [4.69, 9.17) is 0 Å². The van der Waals surface area contributed by atoms with E-state index in [2.05, 4.69) is 15.6 Å². The Balaban J connectivity index is 1.40. The van der Waals surface area contributed by atoms with Crippen molar-refractivity contribution in [3.63, 3.8) is 0 Å². The average Bonchev–Trinajstić information content (AvgIpc) is 3.27. The third kappa shape index (κ3) is 3.99. The van der Waals surface area contributed by atoms with Crippen molar-refractivity contribution in [2.45, 2.75) is 38.3 Å². The average molecular weight is 443 g/mol. The molecule has 2 aromatic heterocycles. The van der Waals surface area contributed by atoms with Crippen molar-refractivity contribution in [2.24, 2.45) is 7.05 Å². The number of nitrogens with zero attached hydrogens (tertiary/aromatic N) is 2. The molecule has 0 unspecified atom stereocenters. The maximum atomic E-state index is 12.8. The van der Waals surface area contributed by atoms with Crippen LogP contribution in [0.1, 0.15) is 28.0 Å². The van der Waals surface area contributed by atoms with E-state index in [1.165, 1.54) is 9.44 Å². The van der Waals surface area contributed by atoms with Gasteiger partial charge in [0.2, 0.25) is 5.91 Å². The lowest BCUT2D eigenvalue weighted by Crippen LogP contribution is -2.35. The number of aromatic nitrogens is 2. The molecule has 0 saturated carbocycles. The first-order chi connectivity index (χ1) is 14.3. The monoisotopic (exact) mass is 442 g/mol.